The van der Waals surface area contributed by atoms with Crippen molar-refractivity contribution in [1.29, 1.82) is 0 Å². The highest BCUT2D eigenvalue weighted by atomic mass is 32.2. The molecule has 0 amide bonds. The van der Waals surface area contributed by atoms with Crippen molar-refractivity contribution in [2.75, 3.05) is 25.2 Å². The topological polar surface area (TPSA) is 34.1 Å². The molecule has 1 saturated heterocycles. The molecule has 2 rings (SSSR count). The lowest BCUT2D eigenvalue weighted by atomic mass is 10.0. The van der Waals surface area contributed by atoms with Crippen LogP contribution in [0.3, 0.4) is 0 Å². The molecule has 0 bridgehead atoms. The molecule has 1 fully saturated rings. The van der Waals surface area contributed by atoms with Crippen LogP contribution in [-0.4, -0.2) is 30.1 Å². The third-order valence-corrected chi connectivity index (χ3v) is 4.18. The quantitative estimate of drug-likeness (QED) is 0.872. The van der Waals surface area contributed by atoms with Crippen LogP contribution < -0.4 is 10.1 Å². The van der Waals surface area contributed by atoms with Gasteiger partial charge in [0.25, 0.3) is 0 Å². The van der Waals surface area contributed by atoms with Gasteiger partial charge in [0.2, 0.25) is 5.88 Å². The molecule has 1 aliphatic heterocycles. The molecule has 0 aliphatic carbocycles. The summed E-state index contributed by atoms with van der Waals surface area (Å²) in [4.78, 5) is 4.20. The van der Waals surface area contributed by atoms with E-state index in [0.29, 0.717) is 0 Å². The number of methoxy groups -OCH3 is 1. The predicted molar refractivity (Wildman–Crippen MR) is 72.5 cm³/mol. The third-order valence-electron chi connectivity index (χ3n) is 3.13. The van der Waals surface area contributed by atoms with Gasteiger partial charge in [0.05, 0.1) is 7.11 Å². The van der Waals surface area contributed by atoms with E-state index in [1.807, 2.05) is 6.07 Å². The maximum Gasteiger partial charge on any atom is 0.217 e. The zero-order valence-corrected chi connectivity index (χ0v) is 11.1. The normalized spacial score (nSPS) is 17.0. The number of thioether (sulfide) groups is 1. The SMILES string of the molecule is COc1ncccc1CNCC1CCSCC1. The van der Waals surface area contributed by atoms with E-state index in [1.165, 1.54) is 24.3 Å². The monoisotopic (exact) mass is 252 g/mol. The average Bonchev–Trinajstić information content (AvgIpc) is 2.40. The maximum atomic E-state index is 5.23. The lowest BCUT2D eigenvalue weighted by Gasteiger charge is -2.21. The molecule has 3 nitrogen and oxygen atoms in total. The molecule has 1 aromatic heterocycles. The summed E-state index contributed by atoms with van der Waals surface area (Å²) >= 11 is 2.08. The van der Waals surface area contributed by atoms with Crippen LogP contribution in [-0.2, 0) is 6.54 Å². The van der Waals surface area contributed by atoms with Crippen LogP contribution in [0.15, 0.2) is 18.3 Å². The Kier molecular flexibility index (Phi) is 5.13. The molecule has 2 heterocycles. The number of pyridine rings is 1. The zero-order valence-electron chi connectivity index (χ0n) is 10.3. The van der Waals surface area contributed by atoms with Crippen LogP contribution >= 0.6 is 11.8 Å². The van der Waals surface area contributed by atoms with Crippen molar-refractivity contribution in [2.24, 2.45) is 5.92 Å². The number of rotatable bonds is 5. The molecule has 0 atom stereocenters. The number of hydrogen-bond donors (Lipinski definition) is 1. The van der Waals surface area contributed by atoms with E-state index in [2.05, 4.69) is 28.1 Å². The van der Waals surface area contributed by atoms with Crippen LogP contribution in [0, 0.1) is 5.92 Å². The summed E-state index contributed by atoms with van der Waals surface area (Å²) < 4.78 is 5.23. The second-order valence-electron chi connectivity index (χ2n) is 4.36. The van der Waals surface area contributed by atoms with Gasteiger partial charge in [-0.25, -0.2) is 4.98 Å². The highest BCUT2D eigenvalue weighted by molar-refractivity contribution is 7.99. The first-order chi connectivity index (χ1) is 8.40. The van der Waals surface area contributed by atoms with Gasteiger partial charge in [0.1, 0.15) is 0 Å². The van der Waals surface area contributed by atoms with Gasteiger partial charge in [-0.05, 0) is 42.9 Å². The van der Waals surface area contributed by atoms with E-state index in [-0.39, 0.29) is 0 Å². The van der Waals surface area contributed by atoms with Crippen LogP contribution in [0.4, 0.5) is 0 Å². The smallest absolute Gasteiger partial charge is 0.217 e. The van der Waals surface area contributed by atoms with E-state index in [9.17, 15) is 0 Å². The second kappa shape index (κ2) is 6.87. The van der Waals surface area contributed by atoms with Crippen molar-refractivity contribution in [3.63, 3.8) is 0 Å². The fourth-order valence-electron chi connectivity index (χ4n) is 2.10. The molecule has 4 heteroatoms. The fourth-order valence-corrected chi connectivity index (χ4v) is 3.31. The number of aromatic nitrogens is 1. The third kappa shape index (κ3) is 3.89. The summed E-state index contributed by atoms with van der Waals surface area (Å²) in [6.07, 6.45) is 4.46. The Labute approximate surface area is 107 Å². The zero-order chi connectivity index (χ0) is 11.9. The number of nitrogens with zero attached hydrogens (tertiary/aromatic N) is 1. The minimum atomic E-state index is 0.735. The van der Waals surface area contributed by atoms with Crippen LogP contribution in [0.5, 0.6) is 5.88 Å². The van der Waals surface area contributed by atoms with Crippen molar-refractivity contribution in [3.8, 4) is 5.88 Å². The maximum absolute atomic E-state index is 5.23. The first-order valence-electron chi connectivity index (χ1n) is 6.16. The van der Waals surface area contributed by atoms with Crippen molar-refractivity contribution in [2.45, 2.75) is 19.4 Å². The number of ether oxygens (including phenoxy) is 1. The van der Waals surface area contributed by atoms with Gasteiger partial charge in [-0.3, -0.25) is 0 Å². The van der Waals surface area contributed by atoms with Gasteiger partial charge in [0.15, 0.2) is 0 Å². The van der Waals surface area contributed by atoms with Crippen molar-refractivity contribution in [3.05, 3.63) is 23.9 Å². The summed E-state index contributed by atoms with van der Waals surface area (Å²) in [5, 5.41) is 3.52. The van der Waals surface area contributed by atoms with Gasteiger partial charge in [-0.2, -0.15) is 11.8 Å². The Morgan fingerprint density at radius 3 is 3.06 bits per heavy atom. The Morgan fingerprint density at radius 1 is 1.47 bits per heavy atom. The van der Waals surface area contributed by atoms with E-state index in [1.54, 1.807) is 13.3 Å². The molecule has 1 aliphatic rings. The van der Waals surface area contributed by atoms with Crippen LogP contribution in [0.1, 0.15) is 18.4 Å². The van der Waals surface area contributed by atoms with E-state index in [0.717, 1.165) is 30.5 Å². The molecular weight excluding hydrogens is 232 g/mol. The summed E-state index contributed by atoms with van der Waals surface area (Å²) in [6, 6.07) is 4.02. The standard InChI is InChI=1S/C13H20N2OS/c1-16-13-12(3-2-6-15-13)10-14-9-11-4-7-17-8-5-11/h2-3,6,11,14H,4-5,7-10H2,1H3. The van der Waals surface area contributed by atoms with Gasteiger partial charge >= 0.3 is 0 Å². The predicted octanol–water partition coefficient (Wildman–Crippen LogP) is 2.32. The molecule has 0 spiro atoms. The van der Waals surface area contributed by atoms with Gasteiger partial charge in [-0.15, -0.1) is 0 Å². The highest BCUT2D eigenvalue weighted by Crippen LogP contribution is 2.22. The minimum Gasteiger partial charge on any atom is -0.481 e. The van der Waals surface area contributed by atoms with Gasteiger partial charge in [-0.1, -0.05) is 6.07 Å². The Balaban J connectivity index is 1.77. The highest BCUT2D eigenvalue weighted by Gasteiger charge is 2.13. The summed E-state index contributed by atoms with van der Waals surface area (Å²) in [5.74, 6) is 4.23. The molecule has 17 heavy (non-hydrogen) atoms. The molecule has 1 N–H and O–H groups in total. The molecule has 1 aromatic rings. The summed E-state index contributed by atoms with van der Waals surface area (Å²) in [7, 11) is 1.67. The van der Waals surface area contributed by atoms with E-state index in [4.69, 9.17) is 4.74 Å². The molecule has 0 unspecified atom stereocenters. The largest absolute Gasteiger partial charge is 0.481 e. The lowest BCUT2D eigenvalue weighted by molar-refractivity contribution is 0.387. The van der Waals surface area contributed by atoms with E-state index >= 15 is 0 Å². The van der Waals surface area contributed by atoms with Crippen molar-refractivity contribution >= 4 is 11.8 Å². The van der Waals surface area contributed by atoms with E-state index < -0.39 is 0 Å². The Bertz CT molecular complexity index is 340. The summed E-state index contributed by atoms with van der Waals surface area (Å²) in [5.41, 5.74) is 1.14. The first-order valence-corrected chi connectivity index (χ1v) is 7.32. The van der Waals surface area contributed by atoms with Crippen LogP contribution in [0.2, 0.25) is 0 Å². The van der Waals surface area contributed by atoms with Crippen molar-refractivity contribution < 1.29 is 4.74 Å². The molecular formula is C13H20N2OS. The Hall–Kier alpha value is -0.740. The Morgan fingerprint density at radius 2 is 2.29 bits per heavy atom. The van der Waals surface area contributed by atoms with Gasteiger partial charge < -0.3 is 10.1 Å². The fraction of sp³-hybridized carbons (Fsp3) is 0.615. The number of nitrogens with one attached hydrogen (secondary N) is 1. The molecule has 94 valence electrons. The second-order valence-corrected chi connectivity index (χ2v) is 5.58. The van der Waals surface area contributed by atoms with Crippen molar-refractivity contribution in [1.82, 2.24) is 10.3 Å². The molecule has 0 saturated carbocycles. The molecule has 0 radical (unpaired) electrons. The van der Waals surface area contributed by atoms with Gasteiger partial charge in [0, 0.05) is 18.3 Å². The van der Waals surface area contributed by atoms with Crippen LogP contribution in [0.25, 0.3) is 0 Å². The summed E-state index contributed by atoms with van der Waals surface area (Å²) in [6.45, 7) is 1.96. The first kappa shape index (κ1) is 12.7. The lowest BCUT2D eigenvalue weighted by Crippen LogP contribution is -2.25. The molecule has 0 aromatic carbocycles. The minimum absolute atomic E-state index is 0.735. The average molecular weight is 252 g/mol. The number of hydrogen-bond acceptors (Lipinski definition) is 4.